The Balaban J connectivity index is 2.32. The Morgan fingerprint density at radius 3 is 2.42 bits per heavy atom. The summed E-state index contributed by atoms with van der Waals surface area (Å²) in [7, 11) is 2.09. The van der Waals surface area contributed by atoms with E-state index in [2.05, 4.69) is 31.1 Å². The number of imide groups is 1. The summed E-state index contributed by atoms with van der Waals surface area (Å²) in [5.74, 6) is -0.131. The molecule has 1 saturated heterocycles. The number of hydrogen-bond acceptors (Lipinski definition) is 4. The predicted molar refractivity (Wildman–Crippen MR) is 75.8 cm³/mol. The number of nitrogens with zero attached hydrogens (tertiary/aromatic N) is 2. The van der Waals surface area contributed by atoms with Crippen LogP contribution in [0.3, 0.4) is 0 Å². The Kier molecular flexibility index (Phi) is 5.94. The first-order valence-electron chi connectivity index (χ1n) is 7.14. The van der Waals surface area contributed by atoms with Gasteiger partial charge < -0.3 is 10.2 Å². The van der Waals surface area contributed by atoms with E-state index in [4.69, 9.17) is 0 Å². The van der Waals surface area contributed by atoms with Gasteiger partial charge in [0.2, 0.25) is 11.8 Å². The number of amides is 2. The van der Waals surface area contributed by atoms with Crippen LogP contribution in [0.4, 0.5) is 0 Å². The van der Waals surface area contributed by atoms with Crippen LogP contribution in [-0.4, -0.2) is 59.9 Å². The number of hydrogen-bond donors (Lipinski definition) is 1. The van der Waals surface area contributed by atoms with Gasteiger partial charge in [-0.25, -0.2) is 0 Å². The van der Waals surface area contributed by atoms with Gasteiger partial charge in [0.05, 0.1) is 12.5 Å². The predicted octanol–water partition coefficient (Wildman–Crippen LogP) is 0.842. The van der Waals surface area contributed by atoms with Gasteiger partial charge in [-0.3, -0.25) is 14.5 Å². The molecule has 0 aliphatic carbocycles. The van der Waals surface area contributed by atoms with E-state index < -0.39 is 0 Å². The smallest absolute Gasteiger partial charge is 0.247 e. The molecule has 19 heavy (non-hydrogen) atoms. The van der Waals surface area contributed by atoms with Gasteiger partial charge in [0.25, 0.3) is 0 Å². The van der Waals surface area contributed by atoms with E-state index in [1.807, 2.05) is 13.8 Å². The minimum Gasteiger partial charge on any atom is -0.305 e. The maximum absolute atomic E-state index is 12.0. The van der Waals surface area contributed by atoms with E-state index >= 15 is 0 Å². The molecule has 110 valence electrons. The fourth-order valence-electron chi connectivity index (χ4n) is 2.22. The zero-order chi connectivity index (χ0) is 14.6. The number of rotatable bonds is 7. The molecule has 1 unspecified atom stereocenters. The van der Waals surface area contributed by atoms with Crippen molar-refractivity contribution in [3.63, 3.8) is 0 Å². The average Bonchev–Trinajstić information content (AvgIpc) is 2.59. The van der Waals surface area contributed by atoms with Crippen LogP contribution in [0.25, 0.3) is 0 Å². The highest BCUT2D eigenvalue weighted by Crippen LogP contribution is 2.15. The number of likely N-dealkylation sites (tertiary alicyclic amines) is 1. The Hall–Kier alpha value is -0.940. The lowest BCUT2D eigenvalue weighted by Gasteiger charge is -2.21. The second-order valence-electron chi connectivity index (χ2n) is 5.83. The van der Waals surface area contributed by atoms with Crippen LogP contribution in [0.15, 0.2) is 0 Å². The van der Waals surface area contributed by atoms with E-state index in [-0.39, 0.29) is 23.9 Å². The normalized spacial score (nSPS) is 20.4. The van der Waals surface area contributed by atoms with Crippen LogP contribution in [0.2, 0.25) is 0 Å². The fraction of sp³-hybridized carbons (Fsp3) is 0.857. The zero-order valence-corrected chi connectivity index (χ0v) is 12.8. The lowest BCUT2D eigenvalue weighted by molar-refractivity contribution is -0.140. The Morgan fingerprint density at radius 2 is 1.95 bits per heavy atom. The van der Waals surface area contributed by atoms with Gasteiger partial charge >= 0.3 is 0 Å². The van der Waals surface area contributed by atoms with Crippen LogP contribution in [-0.2, 0) is 9.59 Å². The first kappa shape index (κ1) is 16.1. The quantitative estimate of drug-likeness (QED) is 0.550. The Bertz CT molecular complexity index is 329. The third kappa shape index (κ3) is 4.28. The van der Waals surface area contributed by atoms with Crippen LogP contribution < -0.4 is 5.32 Å². The van der Waals surface area contributed by atoms with Gasteiger partial charge in [0, 0.05) is 12.1 Å². The molecule has 0 spiro atoms. The molecular weight excluding hydrogens is 242 g/mol. The maximum atomic E-state index is 12.0. The number of nitrogens with one attached hydrogen (secondary N) is 1. The fourth-order valence-corrected chi connectivity index (χ4v) is 2.22. The number of carbonyl (C=O) groups excluding carboxylic acids is 2. The summed E-state index contributed by atoms with van der Waals surface area (Å²) in [6, 6.07) is 0.171. The van der Waals surface area contributed by atoms with E-state index in [0.29, 0.717) is 12.5 Å². The highest BCUT2D eigenvalue weighted by molar-refractivity contribution is 6.05. The molecule has 2 amide bonds. The first-order chi connectivity index (χ1) is 8.84. The maximum Gasteiger partial charge on any atom is 0.247 e. The van der Waals surface area contributed by atoms with Crippen molar-refractivity contribution in [3.05, 3.63) is 0 Å². The van der Waals surface area contributed by atoms with Gasteiger partial charge in [-0.15, -0.1) is 0 Å². The van der Waals surface area contributed by atoms with Crippen molar-refractivity contribution in [2.45, 2.75) is 58.7 Å². The van der Waals surface area contributed by atoms with Crippen molar-refractivity contribution >= 4 is 11.8 Å². The van der Waals surface area contributed by atoms with Gasteiger partial charge in [0.15, 0.2) is 0 Å². The molecular formula is C14H27N3O2. The van der Waals surface area contributed by atoms with Crippen molar-refractivity contribution in [1.29, 1.82) is 0 Å². The minimum atomic E-state index is -0.320. The highest BCUT2D eigenvalue weighted by atomic mass is 16.2. The Labute approximate surface area is 116 Å². The van der Waals surface area contributed by atoms with E-state index in [1.165, 1.54) is 4.90 Å². The Morgan fingerprint density at radius 1 is 1.32 bits per heavy atom. The van der Waals surface area contributed by atoms with Crippen molar-refractivity contribution < 1.29 is 9.59 Å². The molecule has 0 radical (unpaired) electrons. The summed E-state index contributed by atoms with van der Waals surface area (Å²) in [5, 5.41) is 3.20. The molecule has 0 aromatic rings. The van der Waals surface area contributed by atoms with E-state index in [1.54, 1.807) is 0 Å². The molecule has 1 heterocycles. The van der Waals surface area contributed by atoms with Crippen molar-refractivity contribution in [1.82, 2.24) is 15.1 Å². The monoisotopic (exact) mass is 269 g/mol. The third-order valence-electron chi connectivity index (χ3n) is 3.66. The van der Waals surface area contributed by atoms with Crippen LogP contribution >= 0.6 is 0 Å². The molecule has 5 heteroatoms. The molecule has 1 rings (SSSR count). The number of carbonyl (C=O) groups is 2. The summed E-state index contributed by atoms with van der Waals surface area (Å²) < 4.78 is 0. The topological polar surface area (TPSA) is 52.7 Å². The summed E-state index contributed by atoms with van der Waals surface area (Å²) in [5.41, 5.74) is 0. The van der Waals surface area contributed by atoms with Gasteiger partial charge in [-0.05, 0) is 54.3 Å². The van der Waals surface area contributed by atoms with E-state index in [0.717, 1.165) is 19.5 Å². The molecule has 1 fully saturated rings. The van der Waals surface area contributed by atoms with Gasteiger partial charge in [0.1, 0.15) is 0 Å². The largest absolute Gasteiger partial charge is 0.305 e. The lowest BCUT2D eigenvalue weighted by atomic mass is 10.2. The standard InChI is InChI=1S/C14H27N3O2/c1-10(2)16(5)8-6-7-15-12-9-13(18)17(11(3)4)14(12)19/h10-12,15H,6-9H2,1-5H3. The van der Waals surface area contributed by atoms with Gasteiger partial charge in [-0.1, -0.05) is 0 Å². The summed E-state index contributed by atoms with van der Waals surface area (Å²) in [6.45, 7) is 9.83. The highest BCUT2D eigenvalue weighted by Gasteiger charge is 2.39. The summed E-state index contributed by atoms with van der Waals surface area (Å²) in [4.78, 5) is 27.4. The summed E-state index contributed by atoms with van der Waals surface area (Å²) in [6.07, 6.45) is 1.28. The molecule has 1 N–H and O–H groups in total. The third-order valence-corrected chi connectivity index (χ3v) is 3.66. The second-order valence-corrected chi connectivity index (χ2v) is 5.83. The van der Waals surface area contributed by atoms with Crippen LogP contribution in [0, 0.1) is 0 Å². The second kappa shape index (κ2) is 7.01. The zero-order valence-electron chi connectivity index (χ0n) is 12.8. The molecule has 5 nitrogen and oxygen atoms in total. The first-order valence-corrected chi connectivity index (χ1v) is 7.14. The summed E-state index contributed by atoms with van der Waals surface area (Å²) >= 11 is 0. The van der Waals surface area contributed by atoms with E-state index in [9.17, 15) is 9.59 Å². The molecule has 0 aromatic heterocycles. The molecule has 1 aliphatic heterocycles. The molecule has 0 saturated carbocycles. The van der Waals surface area contributed by atoms with Crippen molar-refractivity contribution in [2.75, 3.05) is 20.1 Å². The minimum absolute atomic E-state index is 0.0427. The van der Waals surface area contributed by atoms with Crippen LogP contribution in [0.5, 0.6) is 0 Å². The van der Waals surface area contributed by atoms with Gasteiger partial charge in [-0.2, -0.15) is 0 Å². The lowest BCUT2D eigenvalue weighted by Crippen LogP contribution is -2.42. The molecule has 1 atom stereocenters. The van der Waals surface area contributed by atoms with Crippen molar-refractivity contribution in [3.8, 4) is 0 Å². The molecule has 1 aliphatic rings. The molecule has 0 aromatic carbocycles. The SMILES string of the molecule is CC(C)N(C)CCCNC1CC(=O)N(C(C)C)C1=O. The molecule has 0 bridgehead atoms. The van der Waals surface area contributed by atoms with Crippen molar-refractivity contribution in [2.24, 2.45) is 0 Å². The van der Waals surface area contributed by atoms with Crippen LogP contribution in [0.1, 0.15) is 40.5 Å². The average molecular weight is 269 g/mol.